The minimum atomic E-state index is -0.373. The summed E-state index contributed by atoms with van der Waals surface area (Å²) in [4.78, 5) is 16.7. The van der Waals surface area contributed by atoms with Gasteiger partial charge in [0, 0.05) is 29.8 Å². The Hall–Kier alpha value is -1.17. The molecule has 0 saturated carbocycles. The standard InChI is InChI=1S/C10H12BrN3O2/c11-8-6-9(14(15)16)10(12-7-8)13-4-2-1-3-5-13/h6-7H,1-5H2. The second kappa shape index (κ2) is 4.78. The van der Waals surface area contributed by atoms with Gasteiger partial charge in [-0.3, -0.25) is 10.1 Å². The Morgan fingerprint density at radius 3 is 2.69 bits per heavy atom. The van der Waals surface area contributed by atoms with Gasteiger partial charge in [-0.2, -0.15) is 0 Å². The van der Waals surface area contributed by atoms with E-state index >= 15 is 0 Å². The first-order valence-electron chi connectivity index (χ1n) is 5.23. The molecular weight excluding hydrogens is 274 g/mol. The van der Waals surface area contributed by atoms with E-state index in [0.29, 0.717) is 10.3 Å². The van der Waals surface area contributed by atoms with E-state index in [9.17, 15) is 10.1 Å². The molecule has 86 valence electrons. The van der Waals surface area contributed by atoms with Gasteiger partial charge in [0.1, 0.15) is 0 Å². The van der Waals surface area contributed by atoms with Crippen molar-refractivity contribution in [3.8, 4) is 0 Å². The first kappa shape index (κ1) is 11.3. The van der Waals surface area contributed by atoms with Gasteiger partial charge in [0.25, 0.3) is 0 Å². The normalized spacial score (nSPS) is 16.2. The molecular formula is C10H12BrN3O2. The minimum absolute atomic E-state index is 0.0799. The number of nitro groups is 1. The summed E-state index contributed by atoms with van der Waals surface area (Å²) in [5.41, 5.74) is 0.0799. The smallest absolute Gasteiger partial charge is 0.312 e. The number of pyridine rings is 1. The van der Waals surface area contributed by atoms with Crippen LogP contribution in [0.25, 0.3) is 0 Å². The number of piperidine rings is 1. The van der Waals surface area contributed by atoms with Crippen molar-refractivity contribution in [1.82, 2.24) is 4.98 Å². The molecule has 1 aromatic rings. The van der Waals surface area contributed by atoms with Crippen molar-refractivity contribution in [3.05, 3.63) is 26.9 Å². The first-order chi connectivity index (χ1) is 7.68. The Kier molecular flexibility index (Phi) is 3.38. The fourth-order valence-corrected chi connectivity index (χ4v) is 2.22. The van der Waals surface area contributed by atoms with Gasteiger partial charge < -0.3 is 4.90 Å². The molecule has 0 aliphatic carbocycles. The summed E-state index contributed by atoms with van der Waals surface area (Å²) in [7, 11) is 0. The van der Waals surface area contributed by atoms with Gasteiger partial charge in [-0.05, 0) is 35.2 Å². The number of aromatic nitrogens is 1. The van der Waals surface area contributed by atoms with E-state index in [4.69, 9.17) is 0 Å². The molecule has 1 aliphatic heterocycles. The summed E-state index contributed by atoms with van der Waals surface area (Å²) in [5, 5.41) is 10.9. The van der Waals surface area contributed by atoms with Crippen LogP contribution >= 0.6 is 15.9 Å². The summed E-state index contributed by atoms with van der Waals surface area (Å²) >= 11 is 3.20. The van der Waals surface area contributed by atoms with Crippen molar-refractivity contribution in [2.45, 2.75) is 19.3 Å². The first-order valence-corrected chi connectivity index (χ1v) is 6.02. The molecule has 1 aliphatic rings. The van der Waals surface area contributed by atoms with Crippen LogP contribution in [0.5, 0.6) is 0 Å². The molecule has 0 aromatic carbocycles. The van der Waals surface area contributed by atoms with Crippen LogP contribution in [0.3, 0.4) is 0 Å². The van der Waals surface area contributed by atoms with E-state index in [1.54, 1.807) is 6.20 Å². The Morgan fingerprint density at radius 2 is 2.06 bits per heavy atom. The third-order valence-electron chi connectivity index (χ3n) is 2.67. The molecule has 2 rings (SSSR count). The zero-order valence-electron chi connectivity index (χ0n) is 8.73. The topological polar surface area (TPSA) is 59.3 Å². The number of anilines is 1. The van der Waals surface area contributed by atoms with E-state index in [1.807, 2.05) is 4.90 Å². The maximum Gasteiger partial charge on any atom is 0.312 e. The highest BCUT2D eigenvalue weighted by molar-refractivity contribution is 9.10. The predicted molar refractivity (Wildman–Crippen MR) is 64.7 cm³/mol. The SMILES string of the molecule is O=[N+]([O-])c1cc(Br)cnc1N1CCCCC1. The van der Waals surface area contributed by atoms with Crippen LogP contribution in [-0.4, -0.2) is 23.0 Å². The Labute approximate surface area is 102 Å². The molecule has 2 heterocycles. The molecule has 0 N–H and O–H groups in total. The van der Waals surface area contributed by atoms with Gasteiger partial charge in [0.2, 0.25) is 5.82 Å². The fourth-order valence-electron chi connectivity index (χ4n) is 1.91. The van der Waals surface area contributed by atoms with Crippen LogP contribution in [0.2, 0.25) is 0 Å². The number of hydrogen-bond donors (Lipinski definition) is 0. The lowest BCUT2D eigenvalue weighted by Crippen LogP contribution is -2.30. The monoisotopic (exact) mass is 285 g/mol. The number of hydrogen-bond acceptors (Lipinski definition) is 4. The van der Waals surface area contributed by atoms with Gasteiger partial charge in [0.15, 0.2) is 0 Å². The van der Waals surface area contributed by atoms with E-state index in [-0.39, 0.29) is 10.6 Å². The summed E-state index contributed by atoms with van der Waals surface area (Å²) in [6, 6.07) is 1.51. The van der Waals surface area contributed by atoms with Crippen molar-refractivity contribution in [1.29, 1.82) is 0 Å². The molecule has 6 heteroatoms. The maximum atomic E-state index is 10.9. The predicted octanol–water partition coefficient (Wildman–Crippen LogP) is 2.74. The maximum absolute atomic E-state index is 10.9. The average molecular weight is 286 g/mol. The number of nitrogens with zero attached hydrogens (tertiary/aromatic N) is 3. The highest BCUT2D eigenvalue weighted by Gasteiger charge is 2.22. The van der Waals surface area contributed by atoms with Crippen LogP contribution in [0, 0.1) is 10.1 Å². The van der Waals surface area contributed by atoms with Crippen LogP contribution < -0.4 is 4.90 Å². The van der Waals surface area contributed by atoms with Crippen LogP contribution in [0.4, 0.5) is 11.5 Å². The van der Waals surface area contributed by atoms with Crippen LogP contribution in [-0.2, 0) is 0 Å². The highest BCUT2D eigenvalue weighted by Crippen LogP contribution is 2.30. The third kappa shape index (κ3) is 2.32. The summed E-state index contributed by atoms with van der Waals surface area (Å²) < 4.78 is 0.639. The summed E-state index contributed by atoms with van der Waals surface area (Å²) in [6.07, 6.45) is 4.96. The molecule has 1 fully saturated rings. The number of halogens is 1. The third-order valence-corrected chi connectivity index (χ3v) is 3.10. The quantitative estimate of drug-likeness (QED) is 0.619. The zero-order valence-corrected chi connectivity index (χ0v) is 10.3. The Bertz CT molecular complexity index is 405. The van der Waals surface area contributed by atoms with Gasteiger partial charge >= 0.3 is 5.69 Å². The lowest BCUT2D eigenvalue weighted by atomic mass is 10.1. The lowest BCUT2D eigenvalue weighted by molar-refractivity contribution is -0.384. The lowest BCUT2D eigenvalue weighted by Gasteiger charge is -2.27. The second-order valence-electron chi connectivity index (χ2n) is 3.80. The van der Waals surface area contributed by atoms with Crippen molar-refractivity contribution in [3.63, 3.8) is 0 Å². The fraction of sp³-hybridized carbons (Fsp3) is 0.500. The van der Waals surface area contributed by atoms with Gasteiger partial charge in [-0.15, -0.1) is 0 Å². The average Bonchev–Trinajstić information content (AvgIpc) is 2.30. The zero-order chi connectivity index (χ0) is 11.5. The largest absolute Gasteiger partial charge is 0.351 e. The van der Waals surface area contributed by atoms with Crippen molar-refractivity contribution >= 4 is 27.4 Å². The summed E-state index contributed by atoms with van der Waals surface area (Å²) in [6.45, 7) is 1.71. The minimum Gasteiger partial charge on any atom is -0.351 e. The number of rotatable bonds is 2. The molecule has 16 heavy (non-hydrogen) atoms. The molecule has 5 nitrogen and oxygen atoms in total. The Balaban J connectivity index is 2.34. The van der Waals surface area contributed by atoms with Crippen molar-refractivity contribution < 1.29 is 4.92 Å². The molecule has 1 aromatic heterocycles. The molecule has 1 saturated heterocycles. The molecule has 0 amide bonds. The van der Waals surface area contributed by atoms with Crippen molar-refractivity contribution in [2.24, 2.45) is 0 Å². The van der Waals surface area contributed by atoms with E-state index < -0.39 is 0 Å². The van der Waals surface area contributed by atoms with Gasteiger partial charge in [-0.1, -0.05) is 0 Å². The molecule has 0 unspecified atom stereocenters. The summed E-state index contributed by atoms with van der Waals surface area (Å²) in [5.74, 6) is 0.493. The van der Waals surface area contributed by atoms with E-state index in [0.717, 1.165) is 25.9 Å². The highest BCUT2D eigenvalue weighted by atomic mass is 79.9. The molecule has 0 radical (unpaired) electrons. The molecule has 0 atom stereocenters. The van der Waals surface area contributed by atoms with Crippen molar-refractivity contribution in [2.75, 3.05) is 18.0 Å². The van der Waals surface area contributed by atoms with Gasteiger partial charge in [-0.25, -0.2) is 4.98 Å². The van der Waals surface area contributed by atoms with E-state index in [2.05, 4.69) is 20.9 Å². The van der Waals surface area contributed by atoms with Gasteiger partial charge in [0.05, 0.1) is 4.92 Å². The van der Waals surface area contributed by atoms with Crippen LogP contribution in [0.15, 0.2) is 16.7 Å². The molecule has 0 spiro atoms. The second-order valence-corrected chi connectivity index (χ2v) is 4.72. The van der Waals surface area contributed by atoms with Crippen LogP contribution in [0.1, 0.15) is 19.3 Å². The Morgan fingerprint density at radius 1 is 1.38 bits per heavy atom. The van der Waals surface area contributed by atoms with E-state index in [1.165, 1.54) is 12.5 Å². The molecule has 0 bridgehead atoms.